The predicted octanol–water partition coefficient (Wildman–Crippen LogP) is 3.98. The van der Waals surface area contributed by atoms with Gasteiger partial charge in [-0.1, -0.05) is 12.8 Å². The van der Waals surface area contributed by atoms with E-state index in [-0.39, 0.29) is 30.3 Å². The van der Waals surface area contributed by atoms with Gasteiger partial charge in [0.05, 0.1) is 6.04 Å². The number of piperidine rings is 1. The highest BCUT2D eigenvalue weighted by Crippen LogP contribution is 2.33. The van der Waals surface area contributed by atoms with Gasteiger partial charge in [0.25, 0.3) is 5.91 Å². The number of rotatable bonds is 3. The minimum atomic E-state index is -0.0893. The number of benzene rings is 1. The van der Waals surface area contributed by atoms with Gasteiger partial charge in [0, 0.05) is 29.9 Å². The molecule has 0 radical (unpaired) electrons. The molecule has 3 fully saturated rings. The standard InChI is InChI=1S/C22H31N3O2.ClH/c1-15-6-4-5-13-25(15)22(27)16-9-11-18(12-10-16)23-21(26)20-14-17-7-2-3-8-19(17)24-20;/h9-12,15,17,19-20,24H,2-8,13-14H2,1H3,(H,23,26);1H. The highest BCUT2D eigenvalue weighted by Gasteiger charge is 2.38. The highest BCUT2D eigenvalue weighted by molar-refractivity contribution is 5.97. The van der Waals surface area contributed by atoms with Gasteiger partial charge in [-0.15, -0.1) is 12.4 Å². The van der Waals surface area contributed by atoms with Gasteiger partial charge in [-0.2, -0.15) is 0 Å². The summed E-state index contributed by atoms with van der Waals surface area (Å²) in [7, 11) is 0. The summed E-state index contributed by atoms with van der Waals surface area (Å²) in [5.41, 5.74) is 1.46. The van der Waals surface area contributed by atoms with E-state index in [4.69, 9.17) is 0 Å². The molecule has 2 aliphatic heterocycles. The lowest BCUT2D eigenvalue weighted by molar-refractivity contribution is -0.117. The number of halogens is 1. The third-order valence-corrected chi connectivity index (χ3v) is 6.64. The lowest BCUT2D eigenvalue weighted by Gasteiger charge is -2.33. The Morgan fingerprint density at radius 2 is 1.75 bits per heavy atom. The number of nitrogens with one attached hydrogen (secondary N) is 2. The number of likely N-dealkylation sites (tertiary alicyclic amines) is 1. The average Bonchev–Trinajstić information content (AvgIpc) is 3.13. The van der Waals surface area contributed by atoms with Crippen LogP contribution in [0.5, 0.6) is 0 Å². The van der Waals surface area contributed by atoms with E-state index in [1.807, 2.05) is 29.2 Å². The Bertz CT molecular complexity index is 680. The van der Waals surface area contributed by atoms with Gasteiger partial charge in [-0.3, -0.25) is 9.59 Å². The number of nitrogens with zero attached hydrogens (tertiary/aromatic N) is 1. The van der Waals surface area contributed by atoms with Crippen molar-refractivity contribution in [2.45, 2.75) is 76.4 Å². The molecule has 28 heavy (non-hydrogen) atoms. The smallest absolute Gasteiger partial charge is 0.254 e. The number of carbonyl (C=O) groups excluding carboxylic acids is 2. The van der Waals surface area contributed by atoms with Crippen molar-refractivity contribution in [1.29, 1.82) is 0 Å². The first kappa shape index (κ1) is 21.1. The number of hydrogen-bond donors (Lipinski definition) is 2. The van der Waals surface area contributed by atoms with Gasteiger partial charge in [0.1, 0.15) is 0 Å². The second-order valence-electron chi connectivity index (χ2n) is 8.52. The van der Waals surface area contributed by atoms with E-state index in [1.54, 1.807) is 0 Å². The second-order valence-corrected chi connectivity index (χ2v) is 8.52. The molecule has 2 N–H and O–H groups in total. The molecule has 2 heterocycles. The molecule has 1 saturated carbocycles. The molecule has 1 aromatic carbocycles. The van der Waals surface area contributed by atoms with Gasteiger partial charge < -0.3 is 15.5 Å². The largest absolute Gasteiger partial charge is 0.336 e. The van der Waals surface area contributed by atoms with E-state index < -0.39 is 0 Å². The zero-order valence-electron chi connectivity index (χ0n) is 16.7. The molecular weight excluding hydrogens is 374 g/mol. The van der Waals surface area contributed by atoms with Crippen molar-refractivity contribution in [2.24, 2.45) is 5.92 Å². The highest BCUT2D eigenvalue weighted by atomic mass is 35.5. The first-order valence-electron chi connectivity index (χ1n) is 10.6. The molecule has 4 atom stereocenters. The SMILES string of the molecule is CC1CCCCN1C(=O)c1ccc(NC(=O)C2CC3CCCCC3N2)cc1.Cl. The van der Waals surface area contributed by atoms with Crippen LogP contribution in [0.1, 0.15) is 68.6 Å². The molecule has 5 nitrogen and oxygen atoms in total. The van der Waals surface area contributed by atoms with Crippen LogP contribution in [0.15, 0.2) is 24.3 Å². The van der Waals surface area contributed by atoms with Crippen LogP contribution in [0.2, 0.25) is 0 Å². The van der Waals surface area contributed by atoms with Crippen LogP contribution < -0.4 is 10.6 Å². The third kappa shape index (κ3) is 4.52. The Hall–Kier alpha value is -1.59. The summed E-state index contributed by atoms with van der Waals surface area (Å²) < 4.78 is 0. The third-order valence-electron chi connectivity index (χ3n) is 6.64. The van der Waals surface area contributed by atoms with Crippen LogP contribution in [0, 0.1) is 5.92 Å². The Kier molecular flexibility index (Phi) is 7.00. The summed E-state index contributed by atoms with van der Waals surface area (Å²) in [6, 6.07) is 8.10. The van der Waals surface area contributed by atoms with Crippen LogP contribution in [0.4, 0.5) is 5.69 Å². The van der Waals surface area contributed by atoms with Crippen molar-refractivity contribution >= 4 is 29.9 Å². The quantitative estimate of drug-likeness (QED) is 0.799. The molecule has 6 heteroatoms. The number of fused-ring (bicyclic) bond motifs is 1. The summed E-state index contributed by atoms with van der Waals surface area (Å²) in [6.45, 7) is 2.96. The van der Waals surface area contributed by atoms with Gasteiger partial charge in [0.2, 0.25) is 5.91 Å². The molecule has 0 spiro atoms. The van der Waals surface area contributed by atoms with E-state index in [1.165, 1.54) is 32.1 Å². The molecule has 1 aliphatic carbocycles. The fourth-order valence-corrected chi connectivity index (χ4v) is 5.01. The number of hydrogen-bond acceptors (Lipinski definition) is 3. The minimum Gasteiger partial charge on any atom is -0.336 e. The molecule has 0 aromatic heterocycles. The molecule has 2 amide bonds. The summed E-state index contributed by atoms with van der Waals surface area (Å²) in [5.74, 6) is 0.802. The molecule has 1 aromatic rings. The van der Waals surface area contributed by atoms with E-state index >= 15 is 0 Å². The topological polar surface area (TPSA) is 61.4 Å². The number of amides is 2. The van der Waals surface area contributed by atoms with Crippen molar-refractivity contribution in [1.82, 2.24) is 10.2 Å². The lowest BCUT2D eigenvalue weighted by Crippen LogP contribution is -2.42. The first-order valence-corrected chi connectivity index (χ1v) is 10.6. The van der Waals surface area contributed by atoms with Crippen LogP contribution in [0.3, 0.4) is 0 Å². The molecule has 3 aliphatic rings. The summed E-state index contributed by atoms with van der Waals surface area (Å²) in [5, 5.41) is 6.54. The van der Waals surface area contributed by atoms with Crippen LogP contribution in [0.25, 0.3) is 0 Å². The zero-order chi connectivity index (χ0) is 18.8. The maximum Gasteiger partial charge on any atom is 0.254 e. The van der Waals surface area contributed by atoms with E-state index in [0.29, 0.717) is 23.6 Å². The minimum absolute atomic E-state index is 0. The Morgan fingerprint density at radius 1 is 1.04 bits per heavy atom. The fourth-order valence-electron chi connectivity index (χ4n) is 5.01. The van der Waals surface area contributed by atoms with Crippen LogP contribution >= 0.6 is 12.4 Å². The molecule has 2 saturated heterocycles. The molecule has 4 unspecified atom stereocenters. The zero-order valence-corrected chi connectivity index (χ0v) is 17.5. The van der Waals surface area contributed by atoms with E-state index in [0.717, 1.165) is 31.5 Å². The van der Waals surface area contributed by atoms with Crippen LogP contribution in [-0.4, -0.2) is 41.4 Å². The molecule has 0 bridgehead atoms. The first-order chi connectivity index (χ1) is 13.1. The van der Waals surface area contributed by atoms with Gasteiger partial charge in [-0.05, 0) is 75.6 Å². The Morgan fingerprint density at radius 3 is 2.46 bits per heavy atom. The Balaban J connectivity index is 0.00000225. The average molecular weight is 406 g/mol. The van der Waals surface area contributed by atoms with Crippen molar-refractivity contribution in [3.8, 4) is 0 Å². The van der Waals surface area contributed by atoms with E-state index in [9.17, 15) is 9.59 Å². The fraction of sp³-hybridized carbons (Fsp3) is 0.636. The number of anilines is 1. The van der Waals surface area contributed by atoms with Crippen molar-refractivity contribution in [3.05, 3.63) is 29.8 Å². The summed E-state index contributed by atoms with van der Waals surface area (Å²) >= 11 is 0. The predicted molar refractivity (Wildman–Crippen MR) is 114 cm³/mol. The summed E-state index contributed by atoms with van der Waals surface area (Å²) in [6.07, 6.45) is 9.31. The maximum atomic E-state index is 12.7. The molecular formula is C22H32ClN3O2. The lowest BCUT2D eigenvalue weighted by atomic mass is 9.85. The van der Waals surface area contributed by atoms with Crippen molar-refractivity contribution in [3.63, 3.8) is 0 Å². The monoisotopic (exact) mass is 405 g/mol. The van der Waals surface area contributed by atoms with Crippen molar-refractivity contribution < 1.29 is 9.59 Å². The maximum absolute atomic E-state index is 12.7. The van der Waals surface area contributed by atoms with Crippen molar-refractivity contribution in [2.75, 3.05) is 11.9 Å². The normalized spacial score (nSPS) is 29.5. The van der Waals surface area contributed by atoms with E-state index in [2.05, 4.69) is 17.6 Å². The van der Waals surface area contributed by atoms with Gasteiger partial charge in [0.15, 0.2) is 0 Å². The van der Waals surface area contributed by atoms with Crippen LogP contribution in [-0.2, 0) is 4.79 Å². The summed E-state index contributed by atoms with van der Waals surface area (Å²) in [4.78, 5) is 27.3. The van der Waals surface area contributed by atoms with Gasteiger partial charge in [-0.25, -0.2) is 0 Å². The second kappa shape index (κ2) is 9.27. The Labute approximate surface area is 174 Å². The molecule has 154 valence electrons. The van der Waals surface area contributed by atoms with Gasteiger partial charge >= 0.3 is 0 Å². The number of carbonyl (C=O) groups is 2. The molecule has 4 rings (SSSR count).